The lowest BCUT2D eigenvalue weighted by atomic mass is 10.2. The third-order valence-electron chi connectivity index (χ3n) is 2.47. The molecule has 82 valence electrons. The van der Waals surface area contributed by atoms with Crippen molar-refractivity contribution in [1.82, 2.24) is 10.2 Å². The van der Waals surface area contributed by atoms with Gasteiger partial charge in [0.1, 0.15) is 0 Å². The Labute approximate surface area is 87.1 Å². The molecule has 1 aliphatic heterocycles. The molecule has 1 atom stereocenters. The first-order valence-corrected chi connectivity index (χ1v) is 5.47. The Morgan fingerprint density at radius 1 is 1.57 bits per heavy atom. The Morgan fingerprint density at radius 2 is 2.43 bits per heavy atom. The summed E-state index contributed by atoms with van der Waals surface area (Å²) in [6, 6.07) is 0.622. The van der Waals surface area contributed by atoms with E-state index in [2.05, 4.69) is 23.7 Å². The molecule has 1 heterocycles. The minimum atomic E-state index is 0.622. The zero-order valence-electron chi connectivity index (χ0n) is 9.17. The van der Waals surface area contributed by atoms with Crippen LogP contribution in [0.4, 0.5) is 0 Å². The third-order valence-corrected chi connectivity index (χ3v) is 2.47. The molecule has 1 saturated heterocycles. The van der Waals surface area contributed by atoms with Crippen molar-refractivity contribution >= 4 is 0 Å². The highest BCUT2D eigenvalue weighted by Crippen LogP contribution is 1.97. The number of hydrogen-bond acceptors (Lipinski definition) is 3. The van der Waals surface area contributed by atoms with Crippen LogP contribution in [-0.2, 0) is 4.74 Å². The third kappa shape index (κ3) is 4.74. The highest BCUT2D eigenvalue weighted by atomic mass is 16.5. The molecule has 0 amide bonds. The van der Waals surface area contributed by atoms with E-state index in [1.807, 2.05) is 6.08 Å². The lowest BCUT2D eigenvalue weighted by Gasteiger charge is -2.31. The van der Waals surface area contributed by atoms with Crippen LogP contribution in [0, 0.1) is 0 Å². The van der Waals surface area contributed by atoms with Crippen molar-refractivity contribution in [3.63, 3.8) is 0 Å². The van der Waals surface area contributed by atoms with Gasteiger partial charge in [0, 0.05) is 32.2 Å². The molecule has 0 aromatic rings. The van der Waals surface area contributed by atoms with E-state index in [0.717, 1.165) is 45.8 Å². The number of nitrogens with one attached hydrogen (secondary N) is 1. The molecular formula is C11H22N2O. The second-order valence-electron chi connectivity index (χ2n) is 3.85. The number of ether oxygens (including phenoxy) is 1. The molecule has 1 aliphatic rings. The highest BCUT2D eigenvalue weighted by molar-refractivity contribution is 4.74. The van der Waals surface area contributed by atoms with Gasteiger partial charge in [-0.25, -0.2) is 0 Å². The summed E-state index contributed by atoms with van der Waals surface area (Å²) in [5.74, 6) is 0. The van der Waals surface area contributed by atoms with Crippen LogP contribution in [0.5, 0.6) is 0 Å². The zero-order chi connectivity index (χ0) is 10.2. The van der Waals surface area contributed by atoms with Gasteiger partial charge in [-0.1, -0.05) is 6.08 Å². The van der Waals surface area contributed by atoms with E-state index in [4.69, 9.17) is 4.74 Å². The van der Waals surface area contributed by atoms with Crippen LogP contribution in [0.2, 0.25) is 0 Å². The Morgan fingerprint density at radius 3 is 3.14 bits per heavy atom. The highest BCUT2D eigenvalue weighted by Gasteiger charge is 2.14. The summed E-state index contributed by atoms with van der Waals surface area (Å²) in [6.45, 7) is 12.0. The van der Waals surface area contributed by atoms with Crippen molar-refractivity contribution in [2.75, 3.05) is 39.4 Å². The Bertz CT molecular complexity index is 161. The monoisotopic (exact) mass is 198 g/mol. The summed E-state index contributed by atoms with van der Waals surface area (Å²) in [6.07, 6.45) is 2.85. The molecule has 0 bridgehead atoms. The minimum Gasteiger partial charge on any atom is -0.380 e. The SMILES string of the molecule is C=CCCOCCN1CCNC(C)C1. The number of piperazine rings is 1. The second-order valence-corrected chi connectivity index (χ2v) is 3.85. The van der Waals surface area contributed by atoms with Crippen LogP contribution in [0.1, 0.15) is 13.3 Å². The van der Waals surface area contributed by atoms with Crippen molar-refractivity contribution in [3.05, 3.63) is 12.7 Å². The molecule has 1 rings (SSSR count). The molecule has 0 aliphatic carbocycles. The lowest BCUT2D eigenvalue weighted by Crippen LogP contribution is -2.49. The van der Waals surface area contributed by atoms with Crippen molar-refractivity contribution in [3.8, 4) is 0 Å². The molecule has 0 aromatic carbocycles. The van der Waals surface area contributed by atoms with E-state index in [0.29, 0.717) is 6.04 Å². The summed E-state index contributed by atoms with van der Waals surface area (Å²) in [5, 5.41) is 3.43. The first kappa shape index (κ1) is 11.7. The molecule has 0 spiro atoms. The fraction of sp³-hybridized carbons (Fsp3) is 0.818. The number of rotatable bonds is 6. The van der Waals surface area contributed by atoms with E-state index in [1.54, 1.807) is 0 Å². The zero-order valence-corrected chi connectivity index (χ0v) is 9.17. The van der Waals surface area contributed by atoms with Crippen molar-refractivity contribution < 1.29 is 4.74 Å². The van der Waals surface area contributed by atoms with Crippen molar-refractivity contribution in [2.45, 2.75) is 19.4 Å². The maximum absolute atomic E-state index is 5.48. The number of nitrogens with zero attached hydrogens (tertiary/aromatic N) is 1. The average molecular weight is 198 g/mol. The van der Waals surface area contributed by atoms with E-state index >= 15 is 0 Å². The molecule has 3 nitrogen and oxygen atoms in total. The van der Waals surface area contributed by atoms with Gasteiger partial charge in [0.15, 0.2) is 0 Å². The van der Waals surface area contributed by atoms with E-state index in [-0.39, 0.29) is 0 Å². The van der Waals surface area contributed by atoms with Crippen LogP contribution in [0.15, 0.2) is 12.7 Å². The van der Waals surface area contributed by atoms with Gasteiger partial charge < -0.3 is 10.1 Å². The maximum atomic E-state index is 5.48. The van der Waals surface area contributed by atoms with Crippen LogP contribution >= 0.6 is 0 Å². The first-order chi connectivity index (χ1) is 6.83. The molecule has 0 saturated carbocycles. The molecule has 14 heavy (non-hydrogen) atoms. The number of hydrogen-bond donors (Lipinski definition) is 1. The normalized spacial score (nSPS) is 23.6. The summed E-state index contributed by atoms with van der Waals surface area (Å²) in [4.78, 5) is 2.45. The molecule has 0 aromatic heterocycles. The van der Waals surface area contributed by atoms with E-state index in [9.17, 15) is 0 Å². The summed E-state index contributed by atoms with van der Waals surface area (Å²) >= 11 is 0. The summed E-state index contributed by atoms with van der Waals surface area (Å²) in [7, 11) is 0. The largest absolute Gasteiger partial charge is 0.380 e. The van der Waals surface area contributed by atoms with Gasteiger partial charge in [-0.3, -0.25) is 4.90 Å². The second kappa shape index (κ2) is 6.98. The summed E-state index contributed by atoms with van der Waals surface area (Å²) < 4.78 is 5.48. The van der Waals surface area contributed by atoms with Gasteiger partial charge in [-0.15, -0.1) is 6.58 Å². The summed E-state index contributed by atoms with van der Waals surface area (Å²) in [5.41, 5.74) is 0. The maximum Gasteiger partial charge on any atom is 0.0593 e. The quantitative estimate of drug-likeness (QED) is 0.506. The molecule has 1 fully saturated rings. The predicted molar refractivity (Wildman–Crippen MR) is 59.5 cm³/mol. The van der Waals surface area contributed by atoms with Gasteiger partial charge in [-0.2, -0.15) is 0 Å². The van der Waals surface area contributed by atoms with Crippen LogP contribution in [0.25, 0.3) is 0 Å². The van der Waals surface area contributed by atoms with Crippen LogP contribution in [-0.4, -0.2) is 50.3 Å². The van der Waals surface area contributed by atoms with Crippen LogP contribution in [0.3, 0.4) is 0 Å². The Balaban J connectivity index is 1.97. The molecule has 1 unspecified atom stereocenters. The van der Waals surface area contributed by atoms with E-state index < -0.39 is 0 Å². The standard InChI is InChI=1S/C11H22N2O/c1-3-4-8-14-9-7-13-6-5-12-11(2)10-13/h3,11-12H,1,4-10H2,2H3. The van der Waals surface area contributed by atoms with Gasteiger partial charge in [-0.05, 0) is 13.3 Å². The Hall–Kier alpha value is -0.380. The van der Waals surface area contributed by atoms with Gasteiger partial charge >= 0.3 is 0 Å². The van der Waals surface area contributed by atoms with Crippen molar-refractivity contribution in [1.29, 1.82) is 0 Å². The lowest BCUT2D eigenvalue weighted by molar-refractivity contribution is 0.0959. The molecular weight excluding hydrogens is 176 g/mol. The molecule has 3 heteroatoms. The average Bonchev–Trinajstić information content (AvgIpc) is 2.18. The molecule has 0 radical (unpaired) electrons. The first-order valence-electron chi connectivity index (χ1n) is 5.47. The fourth-order valence-corrected chi connectivity index (χ4v) is 1.68. The minimum absolute atomic E-state index is 0.622. The fourth-order valence-electron chi connectivity index (χ4n) is 1.68. The Kier molecular flexibility index (Phi) is 5.83. The van der Waals surface area contributed by atoms with Gasteiger partial charge in [0.25, 0.3) is 0 Å². The predicted octanol–water partition coefficient (Wildman–Crippen LogP) is 0.873. The smallest absolute Gasteiger partial charge is 0.0593 e. The van der Waals surface area contributed by atoms with E-state index in [1.165, 1.54) is 0 Å². The topological polar surface area (TPSA) is 24.5 Å². The van der Waals surface area contributed by atoms with Crippen LogP contribution < -0.4 is 5.32 Å². The van der Waals surface area contributed by atoms with Crippen molar-refractivity contribution in [2.24, 2.45) is 0 Å². The molecule has 1 N–H and O–H groups in total. The van der Waals surface area contributed by atoms with Gasteiger partial charge in [0.05, 0.1) is 13.2 Å². The van der Waals surface area contributed by atoms with Gasteiger partial charge in [0.2, 0.25) is 0 Å².